The second-order valence-corrected chi connectivity index (χ2v) is 5.96. The average molecular weight is 330 g/mol. The van der Waals surface area contributed by atoms with Crippen LogP contribution in [0.1, 0.15) is 16.1 Å². The number of aromatic hydroxyl groups is 1. The summed E-state index contributed by atoms with van der Waals surface area (Å²) in [6.07, 6.45) is -0.0806. The Bertz CT molecular complexity index is 1170. The van der Waals surface area contributed by atoms with Gasteiger partial charge in [-0.1, -0.05) is 36.4 Å². The number of Topliss-reactive ketones (excluding diaryl/α,β-unsaturated/α-hetero) is 1. The van der Waals surface area contributed by atoms with Crippen LogP contribution in [0.5, 0.6) is 5.75 Å². The zero-order valence-electron chi connectivity index (χ0n) is 13.2. The van der Waals surface area contributed by atoms with E-state index < -0.39 is 5.63 Å². The Balaban J connectivity index is 1.71. The number of benzene rings is 3. The first-order valence-corrected chi connectivity index (χ1v) is 7.87. The molecule has 0 saturated carbocycles. The highest BCUT2D eigenvalue weighted by Gasteiger charge is 2.11. The van der Waals surface area contributed by atoms with E-state index in [9.17, 15) is 14.7 Å². The summed E-state index contributed by atoms with van der Waals surface area (Å²) in [4.78, 5) is 23.8. The molecule has 0 fully saturated rings. The lowest BCUT2D eigenvalue weighted by Crippen LogP contribution is -2.06. The largest absolute Gasteiger partial charge is 0.508 e. The highest BCUT2D eigenvalue weighted by Crippen LogP contribution is 2.24. The maximum absolute atomic E-state index is 12.5. The smallest absolute Gasteiger partial charge is 0.339 e. The van der Waals surface area contributed by atoms with Crippen molar-refractivity contribution in [2.45, 2.75) is 6.42 Å². The second kappa shape index (κ2) is 5.91. The molecule has 0 saturated heterocycles. The number of hydrogen-bond acceptors (Lipinski definition) is 4. The summed E-state index contributed by atoms with van der Waals surface area (Å²) in [5.74, 6) is -0.235. The van der Waals surface area contributed by atoms with E-state index in [0.29, 0.717) is 5.56 Å². The van der Waals surface area contributed by atoms with Crippen molar-refractivity contribution in [3.8, 4) is 5.75 Å². The molecule has 1 N–H and O–H groups in total. The van der Waals surface area contributed by atoms with Gasteiger partial charge in [-0.2, -0.15) is 0 Å². The summed E-state index contributed by atoms with van der Waals surface area (Å²) in [5.41, 5.74) is -0.137. The van der Waals surface area contributed by atoms with Crippen LogP contribution >= 0.6 is 0 Å². The fourth-order valence-corrected chi connectivity index (χ4v) is 2.98. The van der Waals surface area contributed by atoms with Gasteiger partial charge in [0, 0.05) is 11.6 Å². The Labute approximate surface area is 143 Å². The predicted octanol–water partition coefficient (Wildman–Crippen LogP) is 4.08. The third-order valence-electron chi connectivity index (χ3n) is 4.17. The van der Waals surface area contributed by atoms with Crippen LogP contribution in [0.25, 0.3) is 21.5 Å². The first-order chi connectivity index (χ1) is 12.1. The topological polar surface area (TPSA) is 67.5 Å². The van der Waals surface area contributed by atoms with Gasteiger partial charge in [0.25, 0.3) is 0 Å². The summed E-state index contributed by atoms with van der Waals surface area (Å²) in [5, 5.41) is 13.7. The lowest BCUT2D eigenvalue weighted by atomic mass is 9.99. The van der Waals surface area contributed by atoms with Crippen LogP contribution in [0.3, 0.4) is 0 Å². The fraction of sp³-hybridized carbons (Fsp3) is 0.0476. The van der Waals surface area contributed by atoms with Crippen molar-refractivity contribution in [2.24, 2.45) is 0 Å². The Morgan fingerprint density at radius 2 is 1.52 bits per heavy atom. The number of carbonyl (C=O) groups is 1. The number of carbonyl (C=O) groups excluding carboxylic acids is 1. The molecule has 0 atom stereocenters. The Morgan fingerprint density at radius 3 is 2.24 bits per heavy atom. The molecular weight excluding hydrogens is 316 g/mol. The van der Waals surface area contributed by atoms with Crippen molar-refractivity contribution in [1.82, 2.24) is 0 Å². The van der Waals surface area contributed by atoms with Gasteiger partial charge < -0.3 is 9.52 Å². The molecule has 0 unspecified atom stereocenters. The predicted molar refractivity (Wildman–Crippen MR) is 96.1 cm³/mol. The highest BCUT2D eigenvalue weighted by molar-refractivity contribution is 6.04. The standard InChI is InChI=1S/C21H14O4/c22-18-10-19(25-21(24)11-18)12-20(23)16-6-5-15-7-13-3-1-2-4-14(13)8-17(15)9-16/h1-11,22H,12H2. The quantitative estimate of drug-likeness (QED) is 0.454. The normalized spacial score (nSPS) is 11.0. The molecule has 0 spiro atoms. The maximum Gasteiger partial charge on any atom is 0.339 e. The molecule has 4 rings (SSSR count). The van der Waals surface area contributed by atoms with Gasteiger partial charge in [0.05, 0.1) is 12.5 Å². The number of fused-ring (bicyclic) bond motifs is 2. The van der Waals surface area contributed by atoms with Crippen molar-refractivity contribution in [1.29, 1.82) is 0 Å². The maximum atomic E-state index is 12.5. The van der Waals surface area contributed by atoms with E-state index >= 15 is 0 Å². The van der Waals surface area contributed by atoms with Crippen LogP contribution in [0.4, 0.5) is 0 Å². The number of rotatable bonds is 3. The lowest BCUT2D eigenvalue weighted by Gasteiger charge is -2.05. The Kier molecular flexibility index (Phi) is 3.58. The second-order valence-electron chi connectivity index (χ2n) is 5.96. The monoisotopic (exact) mass is 330 g/mol. The van der Waals surface area contributed by atoms with Gasteiger partial charge in [0.1, 0.15) is 11.5 Å². The van der Waals surface area contributed by atoms with E-state index in [1.807, 2.05) is 30.3 Å². The van der Waals surface area contributed by atoms with Gasteiger partial charge >= 0.3 is 5.63 Å². The third-order valence-corrected chi connectivity index (χ3v) is 4.17. The van der Waals surface area contributed by atoms with E-state index in [1.54, 1.807) is 6.07 Å². The molecule has 4 aromatic rings. The molecule has 0 aliphatic rings. The van der Waals surface area contributed by atoms with Crippen LogP contribution < -0.4 is 5.63 Å². The molecule has 0 radical (unpaired) electrons. The molecule has 0 amide bonds. The molecule has 0 aliphatic carbocycles. The molecule has 4 nitrogen and oxygen atoms in total. The molecule has 1 heterocycles. The van der Waals surface area contributed by atoms with Crippen LogP contribution in [-0.4, -0.2) is 10.9 Å². The Morgan fingerprint density at radius 1 is 0.840 bits per heavy atom. The SMILES string of the molecule is O=C(Cc1cc(O)cc(=O)o1)c1ccc2cc3ccccc3cc2c1. The van der Waals surface area contributed by atoms with E-state index in [-0.39, 0.29) is 23.7 Å². The third kappa shape index (κ3) is 3.02. The summed E-state index contributed by atoms with van der Waals surface area (Å²) < 4.78 is 4.96. The van der Waals surface area contributed by atoms with E-state index in [0.717, 1.165) is 27.6 Å². The van der Waals surface area contributed by atoms with E-state index in [4.69, 9.17) is 4.42 Å². The summed E-state index contributed by atoms with van der Waals surface area (Å²) in [6, 6.07) is 20.0. The number of ketones is 1. The van der Waals surface area contributed by atoms with Crippen LogP contribution in [-0.2, 0) is 6.42 Å². The van der Waals surface area contributed by atoms with Gasteiger partial charge in [0.15, 0.2) is 5.78 Å². The van der Waals surface area contributed by atoms with Gasteiger partial charge in [-0.15, -0.1) is 0 Å². The minimum atomic E-state index is -0.673. The van der Waals surface area contributed by atoms with Crippen molar-refractivity contribution in [3.63, 3.8) is 0 Å². The van der Waals surface area contributed by atoms with Gasteiger partial charge in [0.2, 0.25) is 0 Å². The molecular formula is C21H14O4. The molecule has 1 aromatic heterocycles. The average Bonchev–Trinajstić information content (AvgIpc) is 2.58. The van der Waals surface area contributed by atoms with Crippen molar-refractivity contribution >= 4 is 27.3 Å². The van der Waals surface area contributed by atoms with Crippen LogP contribution in [0, 0.1) is 0 Å². The highest BCUT2D eigenvalue weighted by atomic mass is 16.4. The lowest BCUT2D eigenvalue weighted by molar-refractivity contribution is 0.0986. The van der Waals surface area contributed by atoms with E-state index in [1.165, 1.54) is 6.07 Å². The molecule has 122 valence electrons. The summed E-state index contributed by atoms with van der Waals surface area (Å²) in [6.45, 7) is 0. The van der Waals surface area contributed by atoms with Crippen molar-refractivity contribution < 1.29 is 14.3 Å². The van der Waals surface area contributed by atoms with Gasteiger partial charge in [-0.25, -0.2) is 4.79 Å². The molecule has 3 aromatic carbocycles. The van der Waals surface area contributed by atoms with Gasteiger partial charge in [-0.3, -0.25) is 4.79 Å². The van der Waals surface area contributed by atoms with Gasteiger partial charge in [-0.05, 0) is 39.7 Å². The zero-order chi connectivity index (χ0) is 17.4. The van der Waals surface area contributed by atoms with Crippen molar-refractivity contribution in [3.05, 3.63) is 88.5 Å². The zero-order valence-corrected chi connectivity index (χ0v) is 13.2. The minimum Gasteiger partial charge on any atom is -0.508 e. The number of hydrogen-bond donors (Lipinski definition) is 1. The Hall–Kier alpha value is -3.40. The molecule has 0 bridgehead atoms. The van der Waals surface area contributed by atoms with Crippen molar-refractivity contribution in [2.75, 3.05) is 0 Å². The summed E-state index contributed by atoms with van der Waals surface area (Å²) in [7, 11) is 0. The summed E-state index contributed by atoms with van der Waals surface area (Å²) >= 11 is 0. The fourth-order valence-electron chi connectivity index (χ4n) is 2.98. The van der Waals surface area contributed by atoms with Crippen LogP contribution in [0.15, 0.2) is 75.9 Å². The molecule has 25 heavy (non-hydrogen) atoms. The first-order valence-electron chi connectivity index (χ1n) is 7.87. The van der Waals surface area contributed by atoms with E-state index in [2.05, 4.69) is 18.2 Å². The minimum absolute atomic E-state index is 0.0806. The first kappa shape index (κ1) is 15.1. The van der Waals surface area contributed by atoms with Crippen LogP contribution in [0.2, 0.25) is 0 Å². The molecule has 0 aliphatic heterocycles. The molecule has 4 heteroatoms.